The zero-order chi connectivity index (χ0) is 28.6. The minimum absolute atomic E-state index is 0.134. The van der Waals surface area contributed by atoms with Gasteiger partial charge in [-0.15, -0.1) is 9.24 Å². The molecule has 1 amide bonds. The highest BCUT2D eigenvalue weighted by Gasteiger charge is 2.30. The number of carbonyl (C=O) groups excluding carboxylic acids is 1. The summed E-state index contributed by atoms with van der Waals surface area (Å²) in [5.74, 6) is 0.134. The largest absolute Gasteiger partial charge is 0.386 e. The summed E-state index contributed by atoms with van der Waals surface area (Å²) in [6.07, 6.45) is 2.98. The second-order valence-corrected chi connectivity index (χ2v) is 10.5. The van der Waals surface area contributed by atoms with E-state index in [4.69, 9.17) is 0 Å². The predicted molar refractivity (Wildman–Crippen MR) is 158 cm³/mol. The van der Waals surface area contributed by atoms with Crippen molar-refractivity contribution >= 4 is 32.9 Å². The lowest BCUT2D eigenvalue weighted by atomic mass is 10.1. The Morgan fingerprint density at radius 2 is 1.77 bits per heavy atom. The van der Waals surface area contributed by atoms with E-state index in [-0.39, 0.29) is 12.8 Å². The van der Waals surface area contributed by atoms with E-state index in [0.29, 0.717) is 13.1 Å². The maximum absolute atomic E-state index is 13.1. The number of nitrogens with zero attached hydrogens (tertiary/aromatic N) is 4. The van der Waals surface area contributed by atoms with Crippen molar-refractivity contribution in [1.29, 1.82) is 0 Å². The van der Waals surface area contributed by atoms with Gasteiger partial charge in [0.1, 0.15) is 0 Å². The van der Waals surface area contributed by atoms with Gasteiger partial charge in [-0.2, -0.15) is 13.2 Å². The van der Waals surface area contributed by atoms with E-state index >= 15 is 0 Å². The summed E-state index contributed by atoms with van der Waals surface area (Å²) < 4.78 is 31.1. The first kappa shape index (κ1) is 30.6. The normalized spacial score (nSPS) is 16.4. The number of hydrogen-bond acceptors (Lipinski definition) is 4. The molecule has 1 fully saturated rings. The zero-order valence-corrected chi connectivity index (χ0v) is 24.1. The highest BCUT2D eigenvalue weighted by Crippen LogP contribution is 2.29. The fraction of sp³-hybridized carbons (Fsp3) is 0.400. The van der Waals surface area contributed by atoms with Crippen LogP contribution in [0.4, 0.5) is 18.9 Å². The van der Waals surface area contributed by atoms with Crippen molar-refractivity contribution in [1.82, 2.24) is 9.80 Å². The fourth-order valence-electron chi connectivity index (χ4n) is 4.68. The predicted octanol–water partition coefficient (Wildman–Crippen LogP) is 5.89. The van der Waals surface area contributed by atoms with E-state index in [2.05, 4.69) is 74.1 Å². The third-order valence-electron chi connectivity index (χ3n) is 6.70. The molecular weight excluding hydrogens is 520 g/mol. The first-order chi connectivity index (χ1) is 18.5. The zero-order valence-electron chi connectivity index (χ0n) is 23.0. The molecule has 0 radical (unpaired) electrons. The Balaban J connectivity index is 0.000000771. The molecule has 1 unspecified atom stereocenters. The summed E-state index contributed by atoms with van der Waals surface area (Å²) in [5, 5.41) is 1.00. The Hall–Kier alpha value is -2.96. The molecule has 0 spiro atoms. The number of rotatable bonds is 8. The van der Waals surface area contributed by atoms with E-state index in [1.54, 1.807) is 0 Å². The van der Waals surface area contributed by atoms with Crippen LogP contribution in [0.2, 0.25) is 0 Å². The molecule has 0 saturated carbocycles. The number of halogens is 3. The first-order valence-electron chi connectivity index (χ1n) is 13.1. The lowest BCUT2D eigenvalue weighted by Gasteiger charge is -2.36. The van der Waals surface area contributed by atoms with Gasteiger partial charge >= 0.3 is 6.18 Å². The molecule has 2 aliphatic heterocycles. The molecule has 5 nitrogen and oxygen atoms in total. The average Bonchev–Trinajstić information content (AvgIpc) is 3.20. The molecule has 0 bridgehead atoms. The Morgan fingerprint density at radius 3 is 2.36 bits per heavy atom. The average molecular weight is 559 g/mol. The minimum atomic E-state index is -4.00. The molecule has 4 rings (SSSR count). The topological polar surface area (TPSA) is 39.1 Å². The van der Waals surface area contributed by atoms with Crippen molar-refractivity contribution in [2.24, 2.45) is 4.99 Å². The Kier molecular flexibility index (Phi) is 10.9. The summed E-state index contributed by atoms with van der Waals surface area (Å²) >= 11 is 0. The third kappa shape index (κ3) is 9.33. The smallest absolute Gasteiger partial charge is 0.369 e. The van der Waals surface area contributed by atoms with Crippen molar-refractivity contribution in [3.8, 4) is 0 Å². The molecule has 2 aliphatic rings. The third-order valence-corrected chi connectivity index (χ3v) is 7.15. The number of carbonyl (C=O) groups is 1. The molecule has 0 aliphatic carbocycles. The maximum atomic E-state index is 13.1. The number of piperazine rings is 1. The number of benzene rings is 2. The number of aryl methyl sites for hydroxylation is 1. The van der Waals surface area contributed by atoms with Gasteiger partial charge in [0.15, 0.2) is 0 Å². The fourth-order valence-corrected chi connectivity index (χ4v) is 5.16. The first-order valence-corrected chi connectivity index (χ1v) is 13.7. The highest BCUT2D eigenvalue weighted by atomic mass is 31.0. The number of alkyl halides is 3. The standard InChI is InChI=1S/C28H35N4OP.C2H3F3/c1-4-5-6-24(29-3)11-12-30-13-15-31(16-14-30)25-17-23-20-32(28(33)27(23)26(34)18-25)19-22-9-7-21(2)8-10-22;1-2(3,4)5/h4-10,17-18H,3,11-16,19-20,34H2,1-2H3;1H3/b5-4-,24-6-;. The Morgan fingerprint density at radius 1 is 1.13 bits per heavy atom. The Labute approximate surface area is 232 Å². The van der Waals surface area contributed by atoms with Crippen LogP contribution in [-0.4, -0.2) is 61.3 Å². The van der Waals surface area contributed by atoms with E-state index in [1.165, 1.54) is 16.8 Å². The monoisotopic (exact) mass is 558 g/mol. The lowest BCUT2D eigenvalue weighted by Crippen LogP contribution is -2.46. The SMILES string of the molecule is C=N/C(=C\C=C/C)CCN1CCN(c2cc(P)c3c(c2)CN(Cc2ccc(C)cc2)C3=O)CC1.CC(F)(F)F. The van der Waals surface area contributed by atoms with Crippen LogP contribution in [0.1, 0.15) is 47.3 Å². The van der Waals surface area contributed by atoms with Gasteiger partial charge in [-0.05, 0) is 55.2 Å². The van der Waals surface area contributed by atoms with Gasteiger partial charge in [-0.3, -0.25) is 14.7 Å². The van der Waals surface area contributed by atoms with Crippen LogP contribution in [0.15, 0.2) is 65.3 Å². The molecular formula is C30H38F3N4OP. The van der Waals surface area contributed by atoms with E-state index in [0.717, 1.165) is 61.3 Å². The maximum Gasteiger partial charge on any atom is 0.386 e. The number of anilines is 1. The Bertz CT molecular complexity index is 1190. The highest BCUT2D eigenvalue weighted by molar-refractivity contribution is 7.27. The lowest BCUT2D eigenvalue weighted by molar-refractivity contribution is -0.110. The number of aliphatic imine (C=N–C) groups is 1. The summed E-state index contributed by atoms with van der Waals surface area (Å²) in [6, 6.07) is 12.8. The molecule has 0 N–H and O–H groups in total. The summed E-state index contributed by atoms with van der Waals surface area (Å²) in [4.78, 5) is 24.1. The van der Waals surface area contributed by atoms with Crippen LogP contribution in [0.25, 0.3) is 0 Å². The van der Waals surface area contributed by atoms with Gasteiger partial charge in [-0.1, -0.05) is 42.0 Å². The van der Waals surface area contributed by atoms with Crippen molar-refractivity contribution in [2.45, 2.75) is 46.5 Å². The number of allylic oxidation sites excluding steroid dienone is 3. The van der Waals surface area contributed by atoms with Crippen LogP contribution in [0, 0.1) is 6.92 Å². The molecule has 0 aromatic heterocycles. The van der Waals surface area contributed by atoms with Gasteiger partial charge in [0.05, 0.1) is 5.56 Å². The van der Waals surface area contributed by atoms with Crippen LogP contribution in [0.3, 0.4) is 0 Å². The molecule has 2 aromatic carbocycles. The molecule has 210 valence electrons. The van der Waals surface area contributed by atoms with Crippen molar-refractivity contribution < 1.29 is 18.0 Å². The van der Waals surface area contributed by atoms with Crippen LogP contribution in [0.5, 0.6) is 0 Å². The van der Waals surface area contributed by atoms with Crippen LogP contribution < -0.4 is 10.2 Å². The quantitative estimate of drug-likeness (QED) is 0.230. The molecule has 9 heteroatoms. The second kappa shape index (κ2) is 13.9. The van der Waals surface area contributed by atoms with E-state index < -0.39 is 6.18 Å². The number of hydrogen-bond donors (Lipinski definition) is 0. The molecule has 2 heterocycles. The number of fused-ring (bicyclic) bond motifs is 1. The van der Waals surface area contributed by atoms with Crippen molar-refractivity contribution in [3.63, 3.8) is 0 Å². The molecule has 2 aromatic rings. The molecule has 39 heavy (non-hydrogen) atoms. The molecule has 1 saturated heterocycles. The van der Waals surface area contributed by atoms with Crippen LogP contribution in [-0.2, 0) is 13.1 Å². The van der Waals surface area contributed by atoms with Crippen molar-refractivity contribution in [2.75, 3.05) is 37.6 Å². The summed E-state index contributed by atoms with van der Waals surface area (Å²) in [5.41, 5.74) is 6.65. The van der Waals surface area contributed by atoms with Crippen LogP contribution >= 0.6 is 9.24 Å². The van der Waals surface area contributed by atoms with Gasteiger partial charge in [-0.25, -0.2) is 0 Å². The van der Waals surface area contributed by atoms with E-state index in [1.807, 2.05) is 30.1 Å². The summed E-state index contributed by atoms with van der Waals surface area (Å²) in [7, 11) is 2.80. The van der Waals surface area contributed by atoms with Gasteiger partial charge < -0.3 is 9.80 Å². The summed E-state index contributed by atoms with van der Waals surface area (Å²) in [6.45, 7) is 14.3. The number of amides is 1. The van der Waals surface area contributed by atoms with Gasteiger partial charge in [0, 0.05) is 70.5 Å². The molecule has 1 atom stereocenters. The van der Waals surface area contributed by atoms with Gasteiger partial charge in [0.25, 0.3) is 5.91 Å². The minimum Gasteiger partial charge on any atom is -0.369 e. The van der Waals surface area contributed by atoms with E-state index in [9.17, 15) is 18.0 Å². The second-order valence-electron chi connectivity index (χ2n) is 9.92. The van der Waals surface area contributed by atoms with Crippen molar-refractivity contribution in [3.05, 3.63) is 82.6 Å². The van der Waals surface area contributed by atoms with Gasteiger partial charge in [0.2, 0.25) is 0 Å².